The van der Waals surface area contributed by atoms with E-state index in [2.05, 4.69) is 0 Å². The average Bonchev–Trinajstić information content (AvgIpc) is 1.98. The van der Waals surface area contributed by atoms with E-state index in [9.17, 15) is 18.0 Å². The van der Waals surface area contributed by atoms with Gasteiger partial charge in [0.2, 0.25) is 0 Å². The van der Waals surface area contributed by atoms with E-state index >= 15 is 0 Å². The molecule has 3 nitrogen and oxygen atoms in total. The van der Waals surface area contributed by atoms with Crippen molar-refractivity contribution in [2.45, 2.75) is 25.9 Å². The van der Waals surface area contributed by atoms with Gasteiger partial charge in [0.1, 0.15) is 0 Å². The number of carboxylic acids is 1. The second-order valence-electron chi connectivity index (χ2n) is 2.94. The minimum atomic E-state index is -4.49. The minimum Gasteiger partial charge on any atom is -0.481 e. The number of hydrogen-bond acceptors (Lipinski definition) is 2. The van der Waals surface area contributed by atoms with Crippen molar-refractivity contribution in [2.24, 2.45) is 11.1 Å². The molecule has 78 valence electrons. The van der Waals surface area contributed by atoms with Crippen LogP contribution in [0, 0.1) is 5.41 Å². The summed E-state index contributed by atoms with van der Waals surface area (Å²) in [7, 11) is 0. The van der Waals surface area contributed by atoms with Crippen LogP contribution >= 0.6 is 0 Å². The summed E-state index contributed by atoms with van der Waals surface area (Å²) in [5.41, 5.74) is 3.18. The van der Waals surface area contributed by atoms with Crippen LogP contribution in [-0.2, 0) is 4.79 Å². The average molecular weight is 199 g/mol. The van der Waals surface area contributed by atoms with Crippen LogP contribution in [0.15, 0.2) is 0 Å². The van der Waals surface area contributed by atoms with Gasteiger partial charge in [-0.05, 0) is 6.42 Å². The van der Waals surface area contributed by atoms with E-state index in [0.717, 1.165) is 0 Å². The van der Waals surface area contributed by atoms with Gasteiger partial charge in [0.15, 0.2) is 0 Å². The third-order valence-corrected chi connectivity index (χ3v) is 2.06. The molecule has 1 atom stereocenters. The molecule has 0 amide bonds. The zero-order valence-corrected chi connectivity index (χ0v) is 7.19. The Balaban J connectivity index is 4.69. The fraction of sp³-hybridized carbons (Fsp3) is 0.857. The predicted octanol–water partition coefficient (Wildman–Crippen LogP) is 1.38. The maximum Gasteiger partial charge on any atom is 0.390 e. The number of rotatable bonds is 4. The quantitative estimate of drug-likeness (QED) is 0.718. The maximum atomic E-state index is 12.0. The molecule has 13 heavy (non-hydrogen) atoms. The summed E-state index contributed by atoms with van der Waals surface area (Å²) in [6.07, 6.45) is -5.99. The van der Waals surface area contributed by atoms with E-state index in [1.54, 1.807) is 0 Å². The molecule has 0 bridgehead atoms. The maximum absolute atomic E-state index is 12.0. The van der Waals surface area contributed by atoms with Crippen LogP contribution in [0.4, 0.5) is 13.2 Å². The van der Waals surface area contributed by atoms with Crippen LogP contribution in [0.3, 0.4) is 0 Å². The van der Waals surface area contributed by atoms with Crippen molar-refractivity contribution < 1.29 is 23.1 Å². The lowest BCUT2D eigenvalue weighted by Crippen LogP contribution is -2.41. The number of nitrogens with two attached hydrogens (primary N) is 1. The lowest BCUT2D eigenvalue weighted by atomic mass is 9.81. The molecule has 1 unspecified atom stereocenters. The van der Waals surface area contributed by atoms with E-state index < -0.39 is 30.5 Å². The third kappa shape index (κ3) is 3.22. The first kappa shape index (κ1) is 12.2. The molecule has 0 saturated carbocycles. The Kier molecular flexibility index (Phi) is 3.71. The molecule has 0 spiro atoms. The van der Waals surface area contributed by atoms with Gasteiger partial charge in [0.05, 0.1) is 11.8 Å². The standard InChI is InChI=1S/C7H12F3NO2/c1-2-6(4-11,5(12)13)3-7(8,9)10/h2-4,11H2,1H3,(H,12,13). The Morgan fingerprint density at radius 2 is 1.92 bits per heavy atom. The second kappa shape index (κ2) is 3.95. The molecule has 0 heterocycles. The molecule has 0 saturated heterocycles. The van der Waals surface area contributed by atoms with Gasteiger partial charge in [-0.15, -0.1) is 0 Å². The molecule has 0 aliphatic rings. The van der Waals surface area contributed by atoms with Gasteiger partial charge < -0.3 is 10.8 Å². The molecule has 6 heteroatoms. The molecule has 3 N–H and O–H groups in total. The number of aliphatic carboxylic acids is 1. The number of halogens is 3. The zero-order chi connectivity index (χ0) is 10.7. The summed E-state index contributed by atoms with van der Waals surface area (Å²) < 4.78 is 35.9. The van der Waals surface area contributed by atoms with Gasteiger partial charge in [-0.2, -0.15) is 13.2 Å². The summed E-state index contributed by atoms with van der Waals surface area (Å²) in [6.45, 7) is 0.880. The van der Waals surface area contributed by atoms with Crippen molar-refractivity contribution in [1.29, 1.82) is 0 Å². The van der Waals surface area contributed by atoms with Crippen molar-refractivity contribution in [3.05, 3.63) is 0 Å². The van der Waals surface area contributed by atoms with Crippen molar-refractivity contribution >= 4 is 5.97 Å². The van der Waals surface area contributed by atoms with Crippen LogP contribution in [-0.4, -0.2) is 23.8 Å². The first-order valence-corrected chi connectivity index (χ1v) is 3.77. The minimum absolute atomic E-state index is 0.127. The van der Waals surface area contributed by atoms with Crippen molar-refractivity contribution in [3.63, 3.8) is 0 Å². The summed E-state index contributed by atoms with van der Waals surface area (Å²) in [5.74, 6) is -1.49. The van der Waals surface area contributed by atoms with Crippen LogP contribution < -0.4 is 5.73 Å². The fourth-order valence-electron chi connectivity index (χ4n) is 1.04. The van der Waals surface area contributed by atoms with Crippen LogP contribution in [0.5, 0.6) is 0 Å². The SMILES string of the molecule is CCC(CN)(CC(F)(F)F)C(=O)O. The monoisotopic (exact) mass is 199 g/mol. The van der Waals surface area contributed by atoms with E-state index in [1.165, 1.54) is 6.92 Å². The van der Waals surface area contributed by atoms with Gasteiger partial charge >= 0.3 is 12.1 Å². The fourth-order valence-corrected chi connectivity index (χ4v) is 1.04. The highest BCUT2D eigenvalue weighted by Gasteiger charge is 2.45. The number of carbonyl (C=O) groups is 1. The van der Waals surface area contributed by atoms with Gasteiger partial charge in [-0.3, -0.25) is 4.79 Å². The first-order valence-electron chi connectivity index (χ1n) is 3.77. The first-order chi connectivity index (χ1) is 5.77. The van der Waals surface area contributed by atoms with Crippen LogP contribution in [0.1, 0.15) is 19.8 Å². The lowest BCUT2D eigenvalue weighted by Gasteiger charge is -2.27. The Labute approximate surface area is 73.7 Å². The van der Waals surface area contributed by atoms with E-state index in [1.807, 2.05) is 0 Å². The normalized spacial score (nSPS) is 16.7. The van der Waals surface area contributed by atoms with E-state index in [0.29, 0.717) is 0 Å². The smallest absolute Gasteiger partial charge is 0.390 e. The largest absolute Gasteiger partial charge is 0.481 e. The number of alkyl halides is 3. The molecule has 0 aromatic carbocycles. The van der Waals surface area contributed by atoms with Crippen molar-refractivity contribution in [3.8, 4) is 0 Å². The molecule has 0 rings (SSSR count). The molecule has 0 aliphatic carbocycles. The summed E-state index contributed by atoms with van der Waals surface area (Å²) in [5, 5.41) is 8.61. The molecule has 0 aromatic heterocycles. The molecule has 0 aromatic rings. The zero-order valence-electron chi connectivity index (χ0n) is 7.19. The number of carboxylic acid groups (broad SMARTS) is 1. The Hall–Kier alpha value is -0.780. The summed E-state index contributed by atoms with van der Waals surface area (Å²) in [6, 6.07) is 0. The summed E-state index contributed by atoms with van der Waals surface area (Å²) >= 11 is 0. The molecular weight excluding hydrogens is 187 g/mol. The van der Waals surface area contributed by atoms with Gasteiger partial charge in [0, 0.05) is 6.54 Å². The van der Waals surface area contributed by atoms with Gasteiger partial charge in [0.25, 0.3) is 0 Å². The molecule has 0 radical (unpaired) electrons. The second-order valence-corrected chi connectivity index (χ2v) is 2.94. The molecule has 0 aliphatic heterocycles. The highest BCUT2D eigenvalue weighted by molar-refractivity contribution is 5.74. The predicted molar refractivity (Wildman–Crippen MR) is 40.1 cm³/mol. The molecular formula is C7H12F3NO2. The lowest BCUT2D eigenvalue weighted by molar-refractivity contribution is -0.178. The Bertz CT molecular complexity index is 187. The third-order valence-electron chi connectivity index (χ3n) is 2.06. The summed E-state index contributed by atoms with van der Waals surface area (Å²) in [4.78, 5) is 10.6. The van der Waals surface area contributed by atoms with Crippen molar-refractivity contribution in [2.75, 3.05) is 6.54 Å². The van der Waals surface area contributed by atoms with Gasteiger partial charge in [-0.1, -0.05) is 6.92 Å². The Morgan fingerprint density at radius 3 is 2.00 bits per heavy atom. The Morgan fingerprint density at radius 1 is 1.46 bits per heavy atom. The number of hydrogen-bond donors (Lipinski definition) is 2. The van der Waals surface area contributed by atoms with Crippen molar-refractivity contribution in [1.82, 2.24) is 0 Å². The molecule has 0 fully saturated rings. The van der Waals surface area contributed by atoms with E-state index in [4.69, 9.17) is 10.8 Å². The van der Waals surface area contributed by atoms with E-state index in [-0.39, 0.29) is 6.42 Å². The topological polar surface area (TPSA) is 63.3 Å². The van der Waals surface area contributed by atoms with Crippen LogP contribution in [0.25, 0.3) is 0 Å². The van der Waals surface area contributed by atoms with Gasteiger partial charge in [-0.25, -0.2) is 0 Å². The van der Waals surface area contributed by atoms with Crippen LogP contribution in [0.2, 0.25) is 0 Å². The highest BCUT2D eigenvalue weighted by atomic mass is 19.4. The highest BCUT2D eigenvalue weighted by Crippen LogP contribution is 2.35.